The van der Waals surface area contributed by atoms with E-state index in [-0.39, 0.29) is 19.3 Å². The van der Waals surface area contributed by atoms with Gasteiger partial charge in [-0.15, -0.1) is 0 Å². The molecule has 0 saturated carbocycles. The topological polar surface area (TPSA) is 43.7 Å². The van der Waals surface area contributed by atoms with Crippen molar-refractivity contribution in [1.29, 1.82) is 0 Å². The second-order valence-corrected chi connectivity index (χ2v) is 5.15. The molecule has 2 unspecified atom stereocenters. The average Bonchev–Trinajstić information content (AvgIpc) is 2.77. The molecule has 1 aliphatic rings. The van der Waals surface area contributed by atoms with Crippen LogP contribution in [0.1, 0.15) is 24.5 Å². The number of aliphatic hydroxyl groups is 2. The van der Waals surface area contributed by atoms with E-state index < -0.39 is 0 Å². The van der Waals surface area contributed by atoms with Crippen LogP contribution < -0.4 is 0 Å². The predicted molar refractivity (Wildman–Crippen MR) is 75.5 cm³/mol. The van der Waals surface area contributed by atoms with Gasteiger partial charge in [0.15, 0.2) is 0 Å². The fourth-order valence-corrected chi connectivity index (χ4v) is 2.70. The van der Waals surface area contributed by atoms with Crippen molar-refractivity contribution in [2.24, 2.45) is 5.92 Å². The number of aliphatic hydroxyl groups excluding tert-OH is 2. The van der Waals surface area contributed by atoms with Gasteiger partial charge >= 0.3 is 0 Å². The first-order valence-corrected chi connectivity index (χ1v) is 6.78. The zero-order chi connectivity index (χ0) is 13.7. The van der Waals surface area contributed by atoms with Crippen LogP contribution in [0, 0.1) is 17.8 Å². The molecule has 3 nitrogen and oxygen atoms in total. The van der Waals surface area contributed by atoms with Crippen LogP contribution in [0.4, 0.5) is 0 Å². The van der Waals surface area contributed by atoms with Gasteiger partial charge in [-0.25, -0.2) is 0 Å². The summed E-state index contributed by atoms with van der Waals surface area (Å²) in [6.07, 6.45) is 1.15. The fourth-order valence-electron chi connectivity index (χ4n) is 2.70. The lowest BCUT2D eigenvalue weighted by Gasteiger charge is -2.25. The molecular formula is C16H21NO2. The Morgan fingerprint density at radius 3 is 2.95 bits per heavy atom. The van der Waals surface area contributed by atoms with E-state index in [1.807, 2.05) is 12.1 Å². The van der Waals surface area contributed by atoms with E-state index in [0.29, 0.717) is 5.92 Å². The van der Waals surface area contributed by atoms with Crippen LogP contribution in [-0.4, -0.2) is 40.9 Å². The van der Waals surface area contributed by atoms with E-state index in [1.54, 1.807) is 0 Å². The first kappa shape index (κ1) is 14.1. The van der Waals surface area contributed by atoms with Crippen molar-refractivity contribution in [1.82, 2.24) is 4.90 Å². The molecule has 1 heterocycles. The van der Waals surface area contributed by atoms with Crippen molar-refractivity contribution in [3.8, 4) is 11.8 Å². The molecule has 0 amide bonds. The summed E-state index contributed by atoms with van der Waals surface area (Å²) in [6.45, 7) is 4.21. The van der Waals surface area contributed by atoms with Crippen molar-refractivity contribution >= 4 is 0 Å². The number of benzene rings is 1. The van der Waals surface area contributed by atoms with Crippen molar-refractivity contribution in [2.75, 3.05) is 19.8 Å². The third kappa shape index (κ3) is 3.57. The fraction of sp³-hybridized carbons (Fsp3) is 0.500. The third-order valence-corrected chi connectivity index (χ3v) is 3.81. The van der Waals surface area contributed by atoms with Gasteiger partial charge in [-0.3, -0.25) is 4.90 Å². The van der Waals surface area contributed by atoms with Crippen LogP contribution >= 0.6 is 0 Å². The second-order valence-electron chi connectivity index (χ2n) is 5.15. The first-order valence-electron chi connectivity index (χ1n) is 6.78. The highest BCUT2D eigenvalue weighted by Crippen LogP contribution is 2.25. The molecule has 1 saturated heterocycles. The predicted octanol–water partition coefficient (Wildman–Crippen LogP) is 1.23. The normalized spacial score (nSPS) is 23.1. The van der Waals surface area contributed by atoms with Gasteiger partial charge in [-0.1, -0.05) is 30.9 Å². The molecule has 19 heavy (non-hydrogen) atoms. The van der Waals surface area contributed by atoms with Gasteiger partial charge < -0.3 is 10.2 Å². The van der Waals surface area contributed by atoms with E-state index in [2.05, 4.69) is 35.8 Å². The van der Waals surface area contributed by atoms with E-state index in [4.69, 9.17) is 5.11 Å². The molecule has 1 fully saturated rings. The Balaban J connectivity index is 2.07. The van der Waals surface area contributed by atoms with E-state index >= 15 is 0 Å². The highest BCUT2D eigenvalue weighted by molar-refractivity contribution is 5.37. The number of hydrogen-bond donors (Lipinski definition) is 2. The van der Waals surface area contributed by atoms with Crippen LogP contribution in [0.3, 0.4) is 0 Å². The summed E-state index contributed by atoms with van der Waals surface area (Å²) in [6, 6.07) is 8.35. The van der Waals surface area contributed by atoms with Crippen LogP contribution in [0.2, 0.25) is 0 Å². The lowest BCUT2D eigenvalue weighted by Crippen LogP contribution is -2.34. The third-order valence-electron chi connectivity index (χ3n) is 3.81. The summed E-state index contributed by atoms with van der Waals surface area (Å²) in [5.41, 5.74) is 2.14. The molecule has 2 rings (SSSR count). The Morgan fingerprint density at radius 1 is 1.37 bits per heavy atom. The summed E-state index contributed by atoms with van der Waals surface area (Å²) in [4.78, 5) is 2.34. The van der Waals surface area contributed by atoms with Gasteiger partial charge in [-0.05, 0) is 36.6 Å². The summed E-state index contributed by atoms with van der Waals surface area (Å²) < 4.78 is 0. The monoisotopic (exact) mass is 259 g/mol. The molecule has 0 aromatic heterocycles. The Morgan fingerprint density at radius 2 is 2.21 bits per heavy atom. The Labute approximate surface area is 114 Å². The van der Waals surface area contributed by atoms with Gasteiger partial charge in [0.05, 0.1) is 6.61 Å². The zero-order valence-corrected chi connectivity index (χ0v) is 11.3. The largest absolute Gasteiger partial charge is 0.395 e. The smallest absolute Gasteiger partial charge is 0.104 e. The van der Waals surface area contributed by atoms with Crippen molar-refractivity contribution < 1.29 is 10.2 Å². The molecule has 1 aromatic carbocycles. The molecule has 0 bridgehead atoms. The highest BCUT2D eigenvalue weighted by atomic mass is 16.3. The minimum absolute atomic E-state index is 0.111. The summed E-state index contributed by atoms with van der Waals surface area (Å²) in [7, 11) is 0. The Kier molecular flexibility index (Phi) is 4.98. The van der Waals surface area contributed by atoms with E-state index in [0.717, 1.165) is 25.1 Å². The van der Waals surface area contributed by atoms with E-state index in [9.17, 15) is 5.11 Å². The van der Waals surface area contributed by atoms with Gasteiger partial charge in [0.2, 0.25) is 0 Å². The molecule has 1 aliphatic heterocycles. The molecule has 3 heteroatoms. The van der Waals surface area contributed by atoms with Gasteiger partial charge in [0.1, 0.15) is 6.61 Å². The molecule has 1 aromatic rings. The highest BCUT2D eigenvalue weighted by Gasteiger charge is 2.30. The molecule has 102 valence electrons. The molecule has 2 atom stereocenters. The zero-order valence-electron chi connectivity index (χ0n) is 11.3. The minimum atomic E-state index is -0.111. The maximum Gasteiger partial charge on any atom is 0.104 e. The Hall–Kier alpha value is -1.34. The summed E-state index contributed by atoms with van der Waals surface area (Å²) >= 11 is 0. The number of likely N-dealkylation sites (tertiary alicyclic amines) is 1. The van der Waals surface area contributed by atoms with Gasteiger partial charge in [0, 0.05) is 18.2 Å². The van der Waals surface area contributed by atoms with E-state index in [1.165, 1.54) is 5.56 Å². The minimum Gasteiger partial charge on any atom is -0.395 e. The molecular weight excluding hydrogens is 238 g/mol. The summed E-state index contributed by atoms with van der Waals surface area (Å²) in [5.74, 6) is 6.15. The number of hydrogen-bond acceptors (Lipinski definition) is 3. The maximum absolute atomic E-state index is 9.46. The first-order chi connectivity index (χ1) is 9.24. The molecule has 0 spiro atoms. The quantitative estimate of drug-likeness (QED) is 0.803. The van der Waals surface area contributed by atoms with Crippen LogP contribution in [-0.2, 0) is 6.54 Å². The number of nitrogens with zero attached hydrogens (tertiary/aromatic N) is 1. The maximum atomic E-state index is 9.46. The molecule has 0 radical (unpaired) electrons. The van der Waals surface area contributed by atoms with Gasteiger partial charge in [0.25, 0.3) is 0 Å². The van der Waals surface area contributed by atoms with Crippen molar-refractivity contribution in [3.63, 3.8) is 0 Å². The van der Waals surface area contributed by atoms with Crippen molar-refractivity contribution in [2.45, 2.75) is 25.9 Å². The lowest BCUT2D eigenvalue weighted by atomic mass is 10.0. The van der Waals surface area contributed by atoms with Gasteiger partial charge in [-0.2, -0.15) is 0 Å². The SMILES string of the molecule is CC1CCN(Cc2cccc(C#CCO)c2)C1CO. The second kappa shape index (κ2) is 6.72. The molecule has 2 N–H and O–H groups in total. The van der Waals surface area contributed by atoms with Crippen LogP contribution in [0.15, 0.2) is 24.3 Å². The summed E-state index contributed by atoms with van der Waals surface area (Å²) in [5, 5.41) is 18.2. The number of rotatable bonds is 3. The lowest BCUT2D eigenvalue weighted by molar-refractivity contribution is 0.134. The standard InChI is InChI=1S/C16H21NO2/c1-13-7-8-17(16(13)12-19)11-15-5-2-4-14(10-15)6-3-9-18/h2,4-5,10,13,16,18-19H,7-9,11-12H2,1H3. The van der Waals surface area contributed by atoms with Crippen LogP contribution in [0.25, 0.3) is 0 Å². The van der Waals surface area contributed by atoms with Crippen LogP contribution in [0.5, 0.6) is 0 Å². The Bertz CT molecular complexity index is 475. The average molecular weight is 259 g/mol. The van der Waals surface area contributed by atoms with Crippen molar-refractivity contribution in [3.05, 3.63) is 35.4 Å². The molecule has 0 aliphatic carbocycles.